The minimum absolute atomic E-state index is 0.0137. The number of aromatic nitrogens is 2. The van der Waals surface area contributed by atoms with Crippen molar-refractivity contribution in [2.45, 2.75) is 51.2 Å². The second-order valence-corrected chi connectivity index (χ2v) is 9.13. The molecule has 34 heavy (non-hydrogen) atoms. The Bertz CT molecular complexity index is 1140. The molecule has 182 valence electrons. The maximum Gasteiger partial charge on any atom is 0.415 e. The molecule has 0 saturated heterocycles. The van der Waals surface area contributed by atoms with E-state index in [1.165, 1.54) is 18.5 Å². The lowest BCUT2D eigenvalue weighted by Crippen LogP contribution is -2.53. The number of nitrogens with one attached hydrogen (secondary N) is 1. The fourth-order valence-electron chi connectivity index (χ4n) is 3.12. The molecular weight excluding hydrogens is 477 g/mol. The number of amidine groups is 1. The van der Waals surface area contributed by atoms with Crippen molar-refractivity contribution in [2.75, 3.05) is 6.61 Å². The van der Waals surface area contributed by atoms with Gasteiger partial charge in [0.25, 0.3) is 6.02 Å². The average molecular weight is 499 g/mol. The van der Waals surface area contributed by atoms with E-state index in [2.05, 4.69) is 20.3 Å². The number of hydrogen-bond donors (Lipinski definition) is 1. The number of Topliss-reactive ketones (excluding diaryl/α,β-unsaturated/α-hetero) is 1. The quantitative estimate of drug-likeness (QED) is 0.624. The van der Waals surface area contributed by atoms with E-state index in [0.717, 1.165) is 19.1 Å². The van der Waals surface area contributed by atoms with Crippen LogP contribution in [0, 0.1) is 5.82 Å². The summed E-state index contributed by atoms with van der Waals surface area (Å²) in [6, 6.07) is 2.85. The van der Waals surface area contributed by atoms with Crippen LogP contribution in [0.1, 0.15) is 49.3 Å². The molecule has 1 aliphatic heterocycles. The van der Waals surface area contributed by atoms with Gasteiger partial charge >= 0.3 is 12.0 Å². The van der Waals surface area contributed by atoms with E-state index < -0.39 is 52.9 Å². The van der Waals surface area contributed by atoms with Gasteiger partial charge in [0.1, 0.15) is 22.3 Å². The van der Waals surface area contributed by atoms with E-state index in [0.29, 0.717) is 0 Å². The van der Waals surface area contributed by atoms with E-state index >= 15 is 0 Å². The highest BCUT2D eigenvalue weighted by atomic mass is 35.5. The lowest BCUT2D eigenvalue weighted by Gasteiger charge is -2.38. The van der Waals surface area contributed by atoms with Crippen LogP contribution in [0.2, 0.25) is 5.15 Å². The molecule has 12 heteroatoms. The van der Waals surface area contributed by atoms with Gasteiger partial charge in [-0.25, -0.2) is 29.5 Å². The predicted octanol–water partition coefficient (Wildman–Crippen LogP) is 4.46. The molecule has 1 aromatic heterocycles. The van der Waals surface area contributed by atoms with Crippen LogP contribution in [0.15, 0.2) is 35.6 Å². The van der Waals surface area contributed by atoms with Gasteiger partial charge < -0.3 is 9.47 Å². The molecule has 1 aliphatic rings. The second kappa shape index (κ2) is 9.21. The van der Waals surface area contributed by atoms with Gasteiger partial charge in [-0.3, -0.25) is 4.79 Å². The van der Waals surface area contributed by atoms with Gasteiger partial charge in [0.05, 0.1) is 12.4 Å². The summed E-state index contributed by atoms with van der Waals surface area (Å²) in [5.41, 5.74) is -3.51. The molecule has 3 rings (SSSR count). The van der Waals surface area contributed by atoms with E-state index in [-0.39, 0.29) is 22.8 Å². The maximum absolute atomic E-state index is 15.0. The molecule has 1 atom stereocenters. The Balaban J connectivity index is 1.92. The zero-order valence-electron chi connectivity index (χ0n) is 18.8. The largest absolute Gasteiger partial charge is 0.458 e. The Kier molecular flexibility index (Phi) is 6.88. The first-order valence-electron chi connectivity index (χ1n) is 10.1. The minimum atomic E-state index is -3.64. The molecular formula is C22H22ClF3N4O4. The van der Waals surface area contributed by atoms with Gasteiger partial charge in [-0.2, -0.15) is 8.78 Å². The highest BCUT2D eigenvalue weighted by Crippen LogP contribution is 2.44. The lowest BCUT2D eigenvalue weighted by atomic mass is 9.84. The number of alkyl carbamates (subject to hydrolysis) is 1. The van der Waals surface area contributed by atoms with Crippen LogP contribution >= 0.6 is 11.6 Å². The lowest BCUT2D eigenvalue weighted by molar-refractivity contribution is -0.118. The summed E-state index contributed by atoms with van der Waals surface area (Å²) >= 11 is 5.66. The standard InChI is InChI=1S/C22H22ClF3N4O4/c1-20(2,3)34-19(32)29-18-30-21(4,22(25,26)11-33-18)13-7-12(5-6-14(13)24)8-16(31)15-9-28-17(23)10-27-15/h5-7,9-10H,8,11H2,1-4H3,(H,29,30,32)/t21-/m1/s1. The maximum atomic E-state index is 15.0. The fraction of sp³-hybridized carbons (Fsp3) is 0.409. The van der Waals surface area contributed by atoms with Crippen molar-refractivity contribution in [1.82, 2.24) is 15.3 Å². The third-order valence-electron chi connectivity index (χ3n) is 4.86. The Morgan fingerprint density at radius 2 is 1.94 bits per heavy atom. The fourth-order valence-corrected chi connectivity index (χ4v) is 3.21. The smallest absolute Gasteiger partial charge is 0.415 e. The summed E-state index contributed by atoms with van der Waals surface area (Å²) < 4.78 is 54.7. The summed E-state index contributed by atoms with van der Waals surface area (Å²) in [6.07, 6.45) is 1.15. The molecule has 0 bridgehead atoms. The number of aliphatic imine (C=N–C) groups is 1. The zero-order valence-corrected chi connectivity index (χ0v) is 19.5. The molecule has 0 spiro atoms. The number of halogens is 4. The first-order chi connectivity index (χ1) is 15.7. The van der Waals surface area contributed by atoms with Crippen molar-refractivity contribution >= 4 is 29.5 Å². The SMILES string of the molecule is CC(C)(C)OC(=O)NC1=N[C@](C)(c2cc(CC(=O)c3cnc(Cl)cn3)ccc2F)C(F)(F)CO1. The van der Waals surface area contributed by atoms with Crippen LogP contribution in [0.4, 0.5) is 18.0 Å². The molecule has 0 radical (unpaired) electrons. The van der Waals surface area contributed by atoms with Crippen molar-refractivity contribution in [3.05, 3.63) is 58.4 Å². The number of rotatable bonds is 4. The van der Waals surface area contributed by atoms with Gasteiger partial charge in [0.15, 0.2) is 17.9 Å². The number of nitrogens with zero attached hydrogens (tertiary/aromatic N) is 3. The predicted molar refractivity (Wildman–Crippen MR) is 117 cm³/mol. The third kappa shape index (κ3) is 5.64. The molecule has 8 nitrogen and oxygen atoms in total. The summed E-state index contributed by atoms with van der Waals surface area (Å²) in [6.45, 7) is 4.70. The molecule has 0 fully saturated rings. The molecule has 1 amide bonds. The molecule has 1 aromatic carbocycles. The first kappa shape index (κ1) is 25.4. The molecule has 2 aromatic rings. The van der Waals surface area contributed by atoms with Crippen molar-refractivity contribution in [3.8, 4) is 0 Å². The van der Waals surface area contributed by atoms with Gasteiger partial charge in [-0.05, 0) is 45.4 Å². The van der Waals surface area contributed by atoms with E-state index in [9.17, 15) is 22.8 Å². The van der Waals surface area contributed by atoms with Crippen molar-refractivity contribution in [3.63, 3.8) is 0 Å². The molecule has 0 unspecified atom stereocenters. The Morgan fingerprint density at radius 3 is 2.56 bits per heavy atom. The number of ketones is 1. The Morgan fingerprint density at radius 1 is 1.24 bits per heavy atom. The Hall–Kier alpha value is -3.21. The normalized spacial score (nSPS) is 19.6. The van der Waals surface area contributed by atoms with Crippen LogP contribution in [-0.2, 0) is 21.4 Å². The number of ether oxygens (including phenoxy) is 2. The number of carbonyl (C=O) groups is 2. The summed E-state index contributed by atoms with van der Waals surface area (Å²) in [4.78, 5) is 36.0. The van der Waals surface area contributed by atoms with Crippen LogP contribution in [0.25, 0.3) is 0 Å². The number of carbonyl (C=O) groups excluding carboxylic acids is 2. The van der Waals surface area contributed by atoms with Crippen LogP contribution < -0.4 is 5.32 Å². The van der Waals surface area contributed by atoms with E-state index in [4.69, 9.17) is 21.1 Å². The van der Waals surface area contributed by atoms with Crippen LogP contribution in [0.3, 0.4) is 0 Å². The van der Waals surface area contributed by atoms with Crippen LogP contribution in [0.5, 0.6) is 0 Å². The first-order valence-corrected chi connectivity index (χ1v) is 10.5. The second-order valence-electron chi connectivity index (χ2n) is 8.75. The van der Waals surface area contributed by atoms with Gasteiger partial charge in [-0.15, -0.1) is 0 Å². The molecule has 0 aliphatic carbocycles. The van der Waals surface area contributed by atoms with Gasteiger partial charge in [-0.1, -0.05) is 17.7 Å². The van der Waals surface area contributed by atoms with Gasteiger partial charge in [0, 0.05) is 12.0 Å². The van der Waals surface area contributed by atoms with Crippen molar-refractivity contribution in [1.29, 1.82) is 0 Å². The number of alkyl halides is 2. The monoisotopic (exact) mass is 498 g/mol. The molecule has 0 saturated carbocycles. The van der Waals surface area contributed by atoms with Crippen molar-refractivity contribution in [2.24, 2.45) is 4.99 Å². The van der Waals surface area contributed by atoms with Crippen LogP contribution in [-0.4, -0.2) is 46.0 Å². The minimum Gasteiger partial charge on any atom is -0.458 e. The zero-order chi connectivity index (χ0) is 25.3. The summed E-state index contributed by atoms with van der Waals surface area (Å²) in [5.74, 6) is -5.08. The third-order valence-corrected chi connectivity index (χ3v) is 5.06. The highest BCUT2D eigenvalue weighted by Gasteiger charge is 2.56. The van der Waals surface area contributed by atoms with Crippen molar-refractivity contribution < 1.29 is 32.2 Å². The highest BCUT2D eigenvalue weighted by molar-refractivity contribution is 6.29. The number of benzene rings is 1. The average Bonchev–Trinajstić information content (AvgIpc) is 2.71. The van der Waals surface area contributed by atoms with E-state index in [1.54, 1.807) is 20.8 Å². The summed E-state index contributed by atoms with van der Waals surface area (Å²) in [7, 11) is 0. The van der Waals surface area contributed by atoms with E-state index in [1.807, 2.05) is 0 Å². The Labute approximate surface area is 198 Å². The number of hydrogen-bond acceptors (Lipinski definition) is 7. The molecule has 2 heterocycles. The summed E-state index contributed by atoms with van der Waals surface area (Å²) in [5, 5.41) is 2.26. The molecule has 1 N–H and O–H groups in total. The number of amides is 1. The topological polar surface area (TPSA) is 103 Å². The van der Waals surface area contributed by atoms with Gasteiger partial charge in [0.2, 0.25) is 0 Å².